The summed E-state index contributed by atoms with van der Waals surface area (Å²) in [5.74, 6) is -0.372. The molecule has 0 bridgehead atoms. The van der Waals surface area contributed by atoms with Crippen LogP contribution < -0.4 is 0 Å². The summed E-state index contributed by atoms with van der Waals surface area (Å²) in [6, 6.07) is 14.3. The Labute approximate surface area is 176 Å². The quantitative estimate of drug-likeness (QED) is 0.480. The molecule has 0 N–H and O–H groups in total. The van der Waals surface area contributed by atoms with Gasteiger partial charge in [0.15, 0.2) is 5.82 Å². The lowest BCUT2D eigenvalue weighted by molar-refractivity contribution is -0.142. The second-order valence-electron chi connectivity index (χ2n) is 6.55. The van der Waals surface area contributed by atoms with Crippen molar-refractivity contribution in [2.75, 3.05) is 6.61 Å². The molecule has 8 heteroatoms. The van der Waals surface area contributed by atoms with E-state index in [2.05, 4.69) is 9.97 Å². The highest BCUT2D eigenvalue weighted by atomic mass is 35.5. The van der Waals surface area contributed by atoms with Gasteiger partial charge in [0.1, 0.15) is 5.69 Å². The lowest BCUT2D eigenvalue weighted by Gasteiger charge is -2.11. The number of benzene rings is 2. The van der Waals surface area contributed by atoms with Gasteiger partial charge in [0.2, 0.25) is 0 Å². The topological polar surface area (TPSA) is 52.1 Å². The van der Waals surface area contributed by atoms with Gasteiger partial charge >= 0.3 is 12.1 Å². The highest BCUT2D eigenvalue weighted by Gasteiger charge is 2.33. The predicted molar refractivity (Wildman–Crippen MR) is 107 cm³/mol. The summed E-state index contributed by atoms with van der Waals surface area (Å²) in [7, 11) is 0. The van der Waals surface area contributed by atoms with E-state index in [9.17, 15) is 18.0 Å². The van der Waals surface area contributed by atoms with Gasteiger partial charge < -0.3 is 4.74 Å². The van der Waals surface area contributed by atoms with Gasteiger partial charge in [-0.25, -0.2) is 9.97 Å². The maximum Gasteiger partial charge on any atom is 0.433 e. The van der Waals surface area contributed by atoms with Gasteiger partial charge in [-0.1, -0.05) is 48.0 Å². The Balaban J connectivity index is 1.88. The van der Waals surface area contributed by atoms with Crippen molar-refractivity contribution in [3.05, 3.63) is 82.1 Å². The molecule has 0 saturated carbocycles. The van der Waals surface area contributed by atoms with Crippen molar-refractivity contribution in [3.8, 4) is 11.4 Å². The Hall–Kier alpha value is -2.93. The van der Waals surface area contributed by atoms with E-state index in [0.29, 0.717) is 17.2 Å². The van der Waals surface area contributed by atoms with Crippen molar-refractivity contribution in [1.82, 2.24) is 9.97 Å². The van der Waals surface area contributed by atoms with Gasteiger partial charge in [-0.2, -0.15) is 13.2 Å². The average molecular weight is 435 g/mol. The fourth-order valence-electron chi connectivity index (χ4n) is 2.85. The first-order valence-corrected chi connectivity index (χ1v) is 9.57. The molecule has 3 aromatic rings. The molecule has 30 heavy (non-hydrogen) atoms. The minimum Gasteiger partial charge on any atom is -0.466 e. The summed E-state index contributed by atoms with van der Waals surface area (Å²) in [6.45, 7) is 2.04. The molecule has 0 aliphatic rings. The van der Waals surface area contributed by atoms with Gasteiger partial charge in [-0.15, -0.1) is 0 Å². The van der Waals surface area contributed by atoms with Crippen molar-refractivity contribution in [3.63, 3.8) is 0 Å². The van der Waals surface area contributed by atoms with Crippen molar-refractivity contribution in [2.45, 2.75) is 25.9 Å². The predicted octanol–water partition coefficient (Wildman–Crippen LogP) is 5.51. The van der Waals surface area contributed by atoms with Crippen LogP contribution in [-0.4, -0.2) is 22.5 Å². The Morgan fingerprint density at radius 3 is 2.37 bits per heavy atom. The molecular weight excluding hydrogens is 417 g/mol. The largest absolute Gasteiger partial charge is 0.466 e. The molecule has 0 atom stereocenters. The van der Waals surface area contributed by atoms with Crippen LogP contribution in [0, 0.1) is 0 Å². The molecular formula is C22H18ClF3N2O2. The summed E-state index contributed by atoms with van der Waals surface area (Å²) in [4.78, 5) is 19.5. The first kappa shape index (κ1) is 21.8. The zero-order valence-corrected chi connectivity index (χ0v) is 16.8. The standard InChI is InChI=1S/C22H18ClF3N2O2/c1-2-30-20(29)11-15-8-6-14(7-9-15)10-18-13-19(22(24,25)26)28-21(27-18)16-4-3-5-17(23)12-16/h3-9,12-13H,2,10-11H2,1H3. The lowest BCUT2D eigenvalue weighted by atomic mass is 10.0. The van der Waals surface area contributed by atoms with Crippen LogP contribution in [0.4, 0.5) is 13.2 Å². The SMILES string of the molecule is CCOC(=O)Cc1ccc(Cc2cc(C(F)(F)F)nc(-c3cccc(Cl)c3)n2)cc1. The van der Waals surface area contributed by atoms with Crippen molar-refractivity contribution in [2.24, 2.45) is 0 Å². The Kier molecular flexibility index (Phi) is 6.72. The number of hydrogen-bond donors (Lipinski definition) is 0. The maximum atomic E-state index is 13.4. The first-order chi connectivity index (χ1) is 14.2. The summed E-state index contributed by atoms with van der Waals surface area (Å²) in [5, 5.41) is 0.382. The lowest BCUT2D eigenvalue weighted by Crippen LogP contribution is -2.11. The Morgan fingerprint density at radius 2 is 1.73 bits per heavy atom. The van der Waals surface area contributed by atoms with E-state index < -0.39 is 11.9 Å². The van der Waals surface area contributed by atoms with E-state index in [1.807, 2.05) is 0 Å². The van der Waals surface area contributed by atoms with E-state index in [1.165, 1.54) is 6.07 Å². The second-order valence-corrected chi connectivity index (χ2v) is 6.99. The maximum absolute atomic E-state index is 13.4. The van der Waals surface area contributed by atoms with Crippen LogP contribution in [0.3, 0.4) is 0 Å². The Bertz CT molecular complexity index is 1040. The molecule has 0 amide bonds. The van der Waals surface area contributed by atoms with Gasteiger partial charge in [0, 0.05) is 22.7 Å². The van der Waals surface area contributed by atoms with E-state index >= 15 is 0 Å². The number of nitrogens with zero attached hydrogens (tertiary/aromatic N) is 2. The Morgan fingerprint density at radius 1 is 1.03 bits per heavy atom. The highest BCUT2D eigenvalue weighted by Crippen LogP contribution is 2.30. The van der Waals surface area contributed by atoms with Crippen LogP contribution in [0.5, 0.6) is 0 Å². The van der Waals surface area contributed by atoms with E-state index in [1.54, 1.807) is 49.4 Å². The minimum atomic E-state index is -4.60. The van der Waals surface area contributed by atoms with Crippen LogP contribution in [0.2, 0.25) is 5.02 Å². The molecule has 1 heterocycles. The van der Waals surface area contributed by atoms with Gasteiger partial charge in [-0.3, -0.25) is 4.79 Å². The second kappa shape index (κ2) is 9.26. The summed E-state index contributed by atoms with van der Waals surface area (Å²) < 4.78 is 45.0. The number of carbonyl (C=O) groups excluding carboxylic acids is 1. The number of carbonyl (C=O) groups is 1. The zero-order chi connectivity index (χ0) is 21.7. The molecule has 156 valence electrons. The number of rotatable bonds is 6. The van der Waals surface area contributed by atoms with E-state index in [-0.39, 0.29) is 30.3 Å². The molecule has 4 nitrogen and oxygen atoms in total. The molecule has 0 aliphatic heterocycles. The molecule has 2 aromatic carbocycles. The molecule has 0 radical (unpaired) electrons. The summed E-state index contributed by atoms with van der Waals surface area (Å²) >= 11 is 5.95. The fraction of sp³-hybridized carbons (Fsp3) is 0.227. The van der Waals surface area contributed by atoms with Crippen molar-refractivity contribution < 1.29 is 22.7 Å². The summed E-state index contributed by atoms with van der Waals surface area (Å²) in [5.41, 5.74) is 1.13. The van der Waals surface area contributed by atoms with E-state index in [0.717, 1.165) is 17.2 Å². The van der Waals surface area contributed by atoms with Crippen LogP contribution in [-0.2, 0) is 28.5 Å². The van der Waals surface area contributed by atoms with Crippen LogP contribution >= 0.6 is 11.6 Å². The smallest absolute Gasteiger partial charge is 0.433 e. The van der Waals surface area contributed by atoms with Crippen molar-refractivity contribution >= 4 is 17.6 Å². The molecule has 3 rings (SSSR count). The van der Waals surface area contributed by atoms with Crippen LogP contribution in [0.1, 0.15) is 29.4 Å². The zero-order valence-electron chi connectivity index (χ0n) is 16.0. The highest BCUT2D eigenvalue weighted by molar-refractivity contribution is 6.30. The molecule has 0 aliphatic carbocycles. The molecule has 1 aromatic heterocycles. The van der Waals surface area contributed by atoms with Gasteiger partial charge in [-0.05, 0) is 36.2 Å². The number of halogens is 4. The van der Waals surface area contributed by atoms with Crippen LogP contribution in [0.25, 0.3) is 11.4 Å². The van der Waals surface area contributed by atoms with Gasteiger partial charge in [0.05, 0.1) is 13.0 Å². The molecule has 0 fully saturated rings. The third-order valence-electron chi connectivity index (χ3n) is 4.21. The normalized spacial score (nSPS) is 11.4. The number of alkyl halides is 3. The first-order valence-electron chi connectivity index (χ1n) is 9.19. The minimum absolute atomic E-state index is 0.0405. The monoisotopic (exact) mass is 434 g/mol. The fourth-order valence-corrected chi connectivity index (χ4v) is 3.04. The van der Waals surface area contributed by atoms with Crippen LogP contribution in [0.15, 0.2) is 54.6 Å². The van der Waals surface area contributed by atoms with Gasteiger partial charge in [0.25, 0.3) is 0 Å². The van der Waals surface area contributed by atoms with E-state index in [4.69, 9.17) is 16.3 Å². The molecule has 0 saturated heterocycles. The average Bonchev–Trinajstić information content (AvgIpc) is 2.69. The number of ether oxygens (including phenoxy) is 1. The number of hydrogen-bond acceptors (Lipinski definition) is 4. The molecule has 0 spiro atoms. The third-order valence-corrected chi connectivity index (χ3v) is 4.45. The summed E-state index contributed by atoms with van der Waals surface area (Å²) in [6.07, 6.45) is -4.29. The number of esters is 1. The number of aromatic nitrogens is 2. The third kappa shape index (κ3) is 5.79. The van der Waals surface area contributed by atoms with Crippen molar-refractivity contribution in [1.29, 1.82) is 0 Å². The molecule has 0 unspecified atom stereocenters.